The van der Waals surface area contributed by atoms with Crippen LogP contribution in [0.25, 0.3) is 0 Å². The monoisotopic (exact) mass is 310 g/mol. The molecular formula is C14H22N4O4. The summed E-state index contributed by atoms with van der Waals surface area (Å²) in [6.45, 7) is 4.21. The van der Waals surface area contributed by atoms with Gasteiger partial charge in [-0.05, 0) is 25.9 Å². The van der Waals surface area contributed by atoms with Crippen molar-refractivity contribution in [2.75, 3.05) is 33.3 Å². The average Bonchev–Trinajstić information content (AvgIpc) is 2.97. The Balaban J connectivity index is 1.65. The molecular weight excluding hydrogens is 288 g/mol. The molecule has 0 radical (unpaired) electrons. The fourth-order valence-electron chi connectivity index (χ4n) is 2.49. The number of hydrogen-bond acceptors (Lipinski definition) is 7. The van der Waals surface area contributed by atoms with Crippen LogP contribution in [0.4, 0.5) is 0 Å². The third-order valence-corrected chi connectivity index (χ3v) is 3.81. The average molecular weight is 310 g/mol. The maximum absolute atomic E-state index is 11.6. The molecule has 0 bridgehead atoms. The Kier molecular flexibility index (Phi) is 5.88. The molecule has 122 valence electrons. The lowest BCUT2D eigenvalue weighted by Crippen LogP contribution is -2.37. The van der Waals surface area contributed by atoms with Gasteiger partial charge in [-0.3, -0.25) is 9.59 Å². The molecule has 0 atom stereocenters. The second-order valence-corrected chi connectivity index (χ2v) is 5.39. The number of amides is 1. The maximum Gasteiger partial charge on any atom is 0.325 e. The van der Waals surface area contributed by atoms with Crippen molar-refractivity contribution < 1.29 is 18.8 Å². The fraction of sp³-hybridized carbons (Fsp3) is 0.714. The Morgan fingerprint density at radius 3 is 2.73 bits per heavy atom. The van der Waals surface area contributed by atoms with Gasteiger partial charge in [-0.15, -0.1) is 0 Å². The van der Waals surface area contributed by atoms with Gasteiger partial charge in [0.15, 0.2) is 5.82 Å². The quantitative estimate of drug-likeness (QED) is 0.751. The van der Waals surface area contributed by atoms with E-state index in [-0.39, 0.29) is 12.5 Å². The van der Waals surface area contributed by atoms with E-state index in [1.165, 1.54) is 7.11 Å². The second kappa shape index (κ2) is 7.88. The number of carbonyl (C=O) groups excluding carboxylic acids is 2. The number of esters is 1. The van der Waals surface area contributed by atoms with Crippen LogP contribution in [0.5, 0.6) is 0 Å². The van der Waals surface area contributed by atoms with Crippen molar-refractivity contribution in [2.45, 2.75) is 32.1 Å². The van der Waals surface area contributed by atoms with E-state index >= 15 is 0 Å². The molecule has 1 aromatic rings. The van der Waals surface area contributed by atoms with Crippen LogP contribution in [-0.2, 0) is 14.3 Å². The van der Waals surface area contributed by atoms with Crippen LogP contribution in [0.15, 0.2) is 4.52 Å². The van der Waals surface area contributed by atoms with Gasteiger partial charge in [0.1, 0.15) is 6.54 Å². The van der Waals surface area contributed by atoms with E-state index in [1.54, 1.807) is 6.92 Å². The van der Waals surface area contributed by atoms with Gasteiger partial charge in [0.25, 0.3) is 0 Å². The van der Waals surface area contributed by atoms with Crippen molar-refractivity contribution in [1.29, 1.82) is 0 Å². The van der Waals surface area contributed by atoms with Gasteiger partial charge in [-0.1, -0.05) is 5.16 Å². The van der Waals surface area contributed by atoms with Crippen LogP contribution >= 0.6 is 0 Å². The Morgan fingerprint density at radius 1 is 1.41 bits per heavy atom. The van der Waals surface area contributed by atoms with Crippen molar-refractivity contribution in [3.8, 4) is 0 Å². The number of likely N-dealkylation sites (tertiary alicyclic amines) is 1. The fourth-order valence-corrected chi connectivity index (χ4v) is 2.49. The Labute approximate surface area is 129 Å². The molecule has 8 nitrogen and oxygen atoms in total. The van der Waals surface area contributed by atoms with Gasteiger partial charge in [-0.25, -0.2) is 0 Å². The van der Waals surface area contributed by atoms with Crippen LogP contribution in [0.2, 0.25) is 0 Å². The van der Waals surface area contributed by atoms with Gasteiger partial charge in [0, 0.05) is 25.8 Å². The topological polar surface area (TPSA) is 97.6 Å². The zero-order valence-electron chi connectivity index (χ0n) is 13.0. The lowest BCUT2D eigenvalue weighted by molar-refractivity contribution is -0.141. The highest BCUT2D eigenvalue weighted by Crippen LogP contribution is 2.25. The van der Waals surface area contributed by atoms with E-state index in [4.69, 9.17) is 4.52 Å². The van der Waals surface area contributed by atoms with Crippen LogP contribution in [-0.4, -0.2) is 60.2 Å². The van der Waals surface area contributed by atoms with Crippen LogP contribution in [0.3, 0.4) is 0 Å². The van der Waals surface area contributed by atoms with Gasteiger partial charge in [0.05, 0.1) is 7.11 Å². The number of nitrogens with one attached hydrogen (secondary N) is 1. The summed E-state index contributed by atoms with van der Waals surface area (Å²) in [5, 5.41) is 6.51. The number of piperidine rings is 1. The SMILES string of the molecule is COC(=O)CNC(=O)CCN1CCC(c2noc(C)n2)CC1. The first-order valence-corrected chi connectivity index (χ1v) is 7.44. The number of carbonyl (C=O) groups is 2. The zero-order chi connectivity index (χ0) is 15.9. The first-order valence-electron chi connectivity index (χ1n) is 7.44. The number of methoxy groups -OCH3 is 1. The minimum Gasteiger partial charge on any atom is -0.468 e. The van der Waals surface area contributed by atoms with E-state index in [1.807, 2.05) is 0 Å². The molecule has 0 aromatic carbocycles. The van der Waals surface area contributed by atoms with E-state index in [0.29, 0.717) is 24.8 Å². The lowest BCUT2D eigenvalue weighted by atomic mass is 9.96. The van der Waals surface area contributed by atoms with Crippen molar-refractivity contribution in [2.24, 2.45) is 0 Å². The van der Waals surface area contributed by atoms with Crippen LogP contribution in [0.1, 0.15) is 36.9 Å². The summed E-state index contributed by atoms with van der Waals surface area (Å²) in [5.41, 5.74) is 0. The molecule has 2 heterocycles. The smallest absolute Gasteiger partial charge is 0.325 e. The number of aryl methyl sites for hydroxylation is 1. The molecule has 1 aliphatic rings. The van der Waals surface area contributed by atoms with Gasteiger partial charge in [-0.2, -0.15) is 4.98 Å². The molecule has 1 N–H and O–H groups in total. The molecule has 22 heavy (non-hydrogen) atoms. The summed E-state index contributed by atoms with van der Waals surface area (Å²) in [5.74, 6) is 1.14. The summed E-state index contributed by atoms with van der Waals surface area (Å²) < 4.78 is 9.48. The van der Waals surface area contributed by atoms with Crippen molar-refractivity contribution in [3.63, 3.8) is 0 Å². The Morgan fingerprint density at radius 2 is 2.14 bits per heavy atom. The normalized spacial score (nSPS) is 16.5. The highest BCUT2D eigenvalue weighted by Gasteiger charge is 2.24. The summed E-state index contributed by atoms with van der Waals surface area (Å²) in [6, 6.07) is 0. The summed E-state index contributed by atoms with van der Waals surface area (Å²) in [4.78, 5) is 29.1. The number of rotatable bonds is 6. The van der Waals surface area contributed by atoms with Crippen molar-refractivity contribution in [3.05, 3.63) is 11.7 Å². The number of hydrogen-bond donors (Lipinski definition) is 1. The predicted molar refractivity (Wildman–Crippen MR) is 77.1 cm³/mol. The molecule has 1 saturated heterocycles. The highest BCUT2D eigenvalue weighted by molar-refractivity contribution is 5.81. The molecule has 1 aromatic heterocycles. The molecule has 0 aliphatic carbocycles. The van der Waals surface area contributed by atoms with Crippen LogP contribution in [0, 0.1) is 6.92 Å². The number of nitrogens with zero attached hydrogens (tertiary/aromatic N) is 3. The van der Waals surface area contributed by atoms with E-state index in [9.17, 15) is 9.59 Å². The summed E-state index contributed by atoms with van der Waals surface area (Å²) >= 11 is 0. The standard InChI is InChI=1S/C14H22N4O4/c1-10-16-14(17-22-10)11-3-6-18(7-4-11)8-5-12(19)15-9-13(20)21-2/h11H,3-9H2,1-2H3,(H,15,19). The summed E-state index contributed by atoms with van der Waals surface area (Å²) in [6.07, 6.45) is 2.30. The first-order chi connectivity index (χ1) is 10.6. The number of aromatic nitrogens is 2. The molecule has 8 heteroatoms. The minimum atomic E-state index is -0.440. The molecule has 1 fully saturated rings. The molecule has 0 saturated carbocycles. The van der Waals surface area contributed by atoms with Crippen molar-refractivity contribution >= 4 is 11.9 Å². The molecule has 1 aliphatic heterocycles. The zero-order valence-corrected chi connectivity index (χ0v) is 13.0. The third kappa shape index (κ3) is 4.80. The van der Waals surface area contributed by atoms with E-state index < -0.39 is 5.97 Å². The second-order valence-electron chi connectivity index (χ2n) is 5.39. The van der Waals surface area contributed by atoms with Gasteiger partial charge < -0.3 is 19.5 Å². The first kappa shape index (κ1) is 16.4. The molecule has 0 unspecified atom stereocenters. The van der Waals surface area contributed by atoms with Crippen LogP contribution < -0.4 is 5.32 Å². The van der Waals surface area contributed by atoms with E-state index in [2.05, 4.69) is 25.1 Å². The molecule has 2 rings (SSSR count). The predicted octanol–water partition coefficient (Wildman–Crippen LogP) is 0.237. The summed E-state index contributed by atoms with van der Waals surface area (Å²) in [7, 11) is 1.30. The largest absolute Gasteiger partial charge is 0.468 e. The Bertz CT molecular complexity index is 509. The lowest BCUT2D eigenvalue weighted by Gasteiger charge is -2.30. The van der Waals surface area contributed by atoms with Crippen molar-refractivity contribution in [1.82, 2.24) is 20.4 Å². The number of ether oxygens (including phenoxy) is 1. The van der Waals surface area contributed by atoms with Gasteiger partial charge in [0.2, 0.25) is 11.8 Å². The van der Waals surface area contributed by atoms with E-state index in [0.717, 1.165) is 31.8 Å². The minimum absolute atomic E-state index is 0.0748. The molecule has 1 amide bonds. The van der Waals surface area contributed by atoms with Gasteiger partial charge >= 0.3 is 5.97 Å². The Hall–Kier alpha value is -1.96. The highest BCUT2D eigenvalue weighted by atomic mass is 16.5. The third-order valence-electron chi connectivity index (χ3n) is 3.81. The maximum atomic E-state index is 11.6. The molecule has 0 spiro atoms.